The van der Waals surface area contributed by atoms with Crippen molar-refractivity contribution in [1.82, 2.24) is 25.0 Å². The van der Waals surface area contributed by atoms with Crippen LogP contribution in [0.2, 0.25) is 0 Å². The molecule has 0 aromatic carbocycles. The maximum absolute atomic E-state index is 12.4. The van der Waals surface area contributed by atoms with Gasteiger partial charge in [-0.1, -0.05) is 0 Å². The molecule has 1 aromatic rings. The Labute approximate surface area is 137 Å². The summed E-state index contributed by atoms with van der Waals surface area (Å²) in [6.07, 6.45) is 7.01. The standard InChI is InChI=1S/C17H27N5O/c1-2-22(14-5-6-14)15(23)11-21-9-7-13(8-10-21)17-18-16(19-20-17)12-3-4-12/h12-14H,2-11H2,1H3,(H,18,19,20). The molecule has 1 aromatic heterocycles. The SMILES string of the molecule is CCN(C(=O)CN1CCC(c2nc(C3CC3)n[nH]2)CC1)C1CC1. The number of aromatic nitrogens is 3. The lowest BCUT2D eigenvalue weighted by Gasteiger charge is -2.32. The molecule has 0 atom stereocenters. The molecular formula is C17H27N5O. The molecule has 6 heteroatoms. The molecule has 0 spiro atoms. The van der Waals surface area contributed by atoms with Crippen molar-refractivity contribution in [2.45, 2.75) is 63.3 Å². The quantitative estimate of drug-likeness (QED) is 0.870. The highest BCUT2D eigenvalue weighted by Crippen LogP contribution is 2.38. The highest BCUT2D eigenvalue weighted by Gasteiger charge is 2.33. The topological polar surface area (TPSA) is 65.1 Å². The van der Waals surface area contributed by atoms with E-state index >= 15 is 0 Å². The average Bonchev–Trinajstić information content (AvgIpc) is 3.49. The van der Waals surface area contributed by atoms with Gasteiger partial charge in [0.2, 0.25) is 5.91 Å². The van der Waals surface area contributed by atoms with E-state index in [-0.39, 0.29) is 0 Å². The zero-order valence-electron chi connectivity index (χ0n) is 14.0. The van der Waals surface area contributed by atoms with Gasteiger partial charge in [-0.3, -0.25) is 14.8 Å². The highest BCUT2D eigenvalue weighted by molar-refractivity contribution is 5.78. The van der Waals surface area contributed by atoms with Gasteiger partial charge in [0.05, 0.1) is 6.54 Å². The molecule has 1 N–H and O–H groups in total. The molecule has 2 aliphatic carbocycles. The van der Waals surface area contributed by atoms with Crippen molar-refractivity contribution in [2.24, 2.45) is 0 Å². The Kier molecular flexibility index (Phi) is 4.09. The molecule has 1 saturated heterocycles. The number of hydrogen-bond acceptors (Lipinski definition) is 4. The number of H-pyrrole nitrogens is 1. The van der Waals surface area contributed by atoms with Crippen molar-refractivity contribution in [3.8, 4) is 0 Å². The number of amides is 1. The van der Waals surface area contributed by atoms with Crippen LogP contribution in [0.1, 0.15) is 68.9 Å². The second-order valence-corrected chi connectivity index (χ2v) is 7.31. The third-order valence-corrected chi connectivity index (χ3v) is 5.44. The molecule has 1 amide bonds. The summed E-state index contributed by atoms with van der Waals surface area (Å²) < 4.78 is 0. The minimum atomic E-state index is 0.309. The average molecular weight is 317 g/mol. The maximum atomic E-state index is 12.4. The Morgan fingerprint density at radius 1 is 1.17 bits per heavy atom. The Bertz CT molecular complexity index is 555. The van der Waals surface area contributed by atoms with Gasteiger partial charge in [0, 0.05) is 24.4 Å². The normalized spacial score (nSPS) is 23.2. The van der Waals surface area contributed by atoms with Gasteiger partial charge in [-0.25, -0.2) is 4.98 Å². The van der Waals surface area contributed by atoms with Crippen LogP contribution in [0.5, 0.6) is 0 Å². The molecule has 126 valence electrons. The largest absolute Gasteiger partial charge is 0.339 e. The van der Waals surface area contributed by atoms with Gasteiger partial charge in [0.25, 0.3) is 0 Å². The predicted molar refractivity (Wildman–Crippen MR) is 87.2 cm³/mol. The van der Waals surface area contributed by atoms with Gasteiger partial charge in [-0.15, -0.1) is 0 Å². The first-order chi connectivity index (χ1) is 11.2. The first kappa shape index (κ1) is 15.1. The summed E-state index contributed by atoms with van der Waals surface area (Å²) in [7, 11) is 0. The van der Waals surface area contributed by atoms with Gasteiger partial charge in [-0.05, 0) is 58.5 Å². The Balaban J connectivity index is 1.27. The van der Waals surface area contributed by atoms with Crippen molar-refractivity contribution in [3.63, 3.8) is 0 Å². The van der Waals surface area contributed by atoms with Crippen LogP contribution in [0.15, 0.2) is 0 Å². The van der Waals surface area contributed by atoms with E-state index in [0.717, 1.165) is 44.1 Å². The van der Waals surface area contributed by atoms with Crippen molar-refractivity contribution in [3.05, 3.63) is 11.6 Å². The molecule has 3 fully saturated rings. The molecule has 6 nitrogen and oxygen atoms in total. The Hall–Kier alpha value is -1.43. The molecule has 23 heavy (non-hydrogen) atoms. The number of carbonyl (C=O) groups excluding carboxylic acids is 1. The number of rotatable bonds is 6. The second kappa shape index (κ2) is 6.23. The van der Waals surface area contributed by atoms with Gasteiger partial charge in [0.1, 0.15) is 5.82 Å². The van der Waals surface area contributed by atoms with Crippen molar-refractivity contribution in [2.75, 3.05) is 26.2 Å². The Morgan fingerprint density at radius 2 is 1.91 bits per heavy atom. The summed E-state index contributed by atoms with van der Waals surface area (Å²) in [6, 6.07) is 0.528. The first-order valence-corrected chi connectivity index (χ1v) is 9.18. The van der Waals surface area contributed by atoms with E-state index in [9.17, 15) is 4.79 Å². The van der Waals surface area contributed by atoms with E-state index in [0.29, 0.717) is 30.3 Å². The summed E-state index contributed by atoms with van der Waals surface area (Å²) in [5.41, 5.74) is 0. The summed E-state index contributed by atoms with van der Waals surface area (Å²) in [5, 5.41) is 7.52. The number of nitrogens with one attached hydrogen (secondary N) is 1. The summed E-state index contributed by atoms with van der Waals surface area (Å²) in [5.74, 6) is 3.48. The third kappa shape index (κ3) is 3.42. The highest BCUT2D eigenvalue weighted by atomic mass is 16.2. The van der Waals surface area contributed by atoms with Gasteiger partial charge in [-0.2, -0.15) is 5.10 Å². The number of hydrogen-bond donors (Lipinski definition) is 1. The fourth-order valence-electron chi connectivity index (χ4n) is 3.67. The minimum Gasteiger partial charge on any atom is -0.339 e. The number of nitrogens with zero attached hydrogens (tertiary/aromatic N) is 4. The van der Waals surface area contributed by atoms with Crippen molar-refractivity contribution < 1.29 is 4.79 Å². The molecule has 3 aliphatic rings. The second-order valence-electron chi connectivity index (χ2n) is 7.31. The molecule has 4 rings (SSSR count). The van der Waals surface area contributed by atoms with Gasteiger partial charge in [0.15, 0.2) is 5.82 Å². The first-order valence-electron chi connectivity index (χ1n) is 9.18. The lowest BCUT2D eigenvalue weighted by molar-refractivity contribution is -0.133. The van der Waals surface area contributed by atoms with Crippen LogP contribution in [0.4, 0.5) is 0 Å². The van der Waals surface area contributed by atoms with Crippen LogP contribution in [0.3, 0.4) is 0 Å². The monoisotopic (exact) mass is 317 g/mol. The fraction of sp³-hybridized carbons (Fsp3) is 0.824. The fourth-order valence-corrected chi connectivity index (χ4v) is 3.67. The van der Waals surface area contributed by atoms with Crippen LogP contribution in [-0.4, -0.2) is 63.1 Å². The number of aromatic amines is 1. The van der Waals surface area contributed by atoms with Crippen molar-refractivity contribution in [1.29, 1.82) is 0 Å². The van der Waals surface area contributed by atoms with Crippen LogP contribution in [0, 0.1) is 0 Å². The van der Waals surface area contributed by atoms with Crippen LogP contribution in [0.25, 0.3) is 0 Å². The van der Waals surface area contributed by atoms with E-state index in [4.69, 9.17) is 4.98 Å². The Morgan fingerprint density at radius 3 is 2.52 bits per heavy atom. The van der Waals surface area contributed by atoms with Crippen LogP contribution < -0.4 is 0 Å². The number of carbonyl (C=O) groups is 1. The molecular weight excluding hydrogens is 290 g/mol. The van der Waals surface area contributed by atoms with E-state index in [1.165, 1.54) is 25.7 Å². The summed E-state index contributed by atoms with van der Waals surface area (Å²) in [4.78, 5) is 21.5. The molecule has 0 bridgehead atoms. The lowest BCUT2D eigenvalue weighted by atomic mass is 9.96. The zero-order chi connectivity index (χ0) is 15.8. The van der Waals surface area contributed by atoms with E-state index in [1.54, 1.807) is 0 Å². The smallest absolute Gasteiger partial charge is 0.236 e. The third-order valence-electron chi connectivity index (χ3n) is 5.44. The number of likely N-dealkylation sites (tertiary alicyclic amines) is 1. The summed E-state index contributed by atoms with van der Waals surface area (Å²) in [6.45, 7) is 5.49. The van der Waals surface area contributed by atoms with Gasteiger partial charge >= 0.3 is 0 Å². The van der Waals surface area contributed by atoms with Crippen molar-refractivity contribution >= 4 is 5.91 Å². The number of piperidine rings is 1. The zero-order valence-corrected chi connectivity index (χ0v) is 14.0. The molecule has 1 aliphatic heterocycles. The van der Waals surface area contributed by atoms with Crippen LogP contribution >= 0.6 is 0 Å². The summed E-state index contributed by atoms with van der Waals surface area (Å²) >= 11 is 0. The van der Waals surface area contributed by atoms with E-state index in [2.05, 4.69) is 26.9 Å². The van der Waals surface area contributed by atoms with Gasteiger partial charge < -0.3 is 4.90 Å². The molecule has 0 radical (unpaired) electrons. The molecule has 2 saturated carbocycles. The minimum absolute atomic E-state index is 0.309. The van der Waals surface area contributed by atoms with Crippen LogP contribution in [-0.2, 0) is 4.79 Å². The molecule has 0 unspecified atom stereocenters. The molecule has 2 heterocycles. The lowest BCUT2D eigenvalue weighted by Crippen LogP contribution is -2.44. The maximum Gasteiger partial charge on any atom is 0.236 e. The number of likely N-dealkylation sites (N-methyl/N-ethyl adjacent to an activating group) is 1. The van der Waals surface area contributed by atoms with E-state index < -0.39 is 0 Å². The van der Waals surface area contributed by atoms with E-state index in [1.807, 2.05) is 0 Å². The predicted octanol–water partition coefficient (Wildman–Crippen LogP) is 1.87.